The minimum atomic E-state index is -1.62. The second kappa shape index (κ2) is 5.34. The molecule has 0 unspecified atom stereocenters. The third kappa shape index (κ3) is 2.22. The van der Waals surface area contributed by atoms with E-state index in [0.29, 0.717) is 21.7 Å². The van der Waals surface area contributed by atoms with Crippen molar-refractivity contribution in [2.24, 2.45) is 0 Å². The molecule has 0 aliphatic heterocycles. The lowest BCUT2D eigenvalue weighted by Crippen LogP contribution is -2.50. The summed E-state index contributed by atoms with van der Waals surface area (Å²) >= 11 is 0. The highest BCUT2D eigenvalue weighted by atomic mass is 16.3. The molecule has 2 atom stereocenters. The molecule has 0 amide bonds. The number of rotatable bonds is 1. The average Bonchev–Trinajstić information content (AvgIpc) is 2.59. The van der Waals surface area contributed by atoms with Crippen molar-refractivity contribution in [2.45, 2.75) is 18.6 Å². The van der Waals surface area contributed by atoms with Crippen LogP contribution in [0.25, 0.3) is 22.4 Å². The molecule has 0 bridgehead atoms. The zero-order chi connectivity index (χ0) is 17.8. The number of benzene rings is 3. The fourth-order valence-corrected chi connectivity index (χ4v) is 3.59. The quantitative estimate of drug-likeness (QED) is 0.507. The minimum Gasteiger partial charge on any atom is -0.504 e. The summed E-state index contributed by atoms with van der Waals surface area (Å²) in [5, 5.41) is 45.3. The van der Waals surface area contributed by atoms with Crippen LogP contribution in [0.1, 0.15) is 12.5 Å². The van der Waals surface area contributed by atoms with Gasteiger partial charge in [-0.3, -0.25) is 0 Å². The van der Waals surface area contributed by atoms with E-state index in [4.69, 9.17) is 0 Å². The van der Waals surface area contributed by atoms with Gasteiger partial charge in [-0.15, -0.1) is 0 Å². The van der Waals surface area contributed by atoms with E-state index in [1.54, 1.807) is 6.08 Å². The first-order valence-electron chi connectivity index (χ1n) is 8.07. The number of phenolic OH excluding ortho intramolecular Hbond substituents is 2. The molecule has 3 aromatic carbocycles. The summed E-state index contributed by atoms with van der Waals surface area (Å²) < 4.78 is 0. The monoisotopic (exact) mass is 334 g/mol. The number of aliphatic hydroxyl groups excluding tert-OH is 1. The number of aromatic hydroxyl groups is 2. The Kier molecular flexibility index (Phi) is 3.35. The van der Waals surface area contributed by atoms with E-state index in [2.05, 4.69) is 0 Å². The summed E-state index contributed by atoms with van der Waals surface area (Å²) in [7, 11) is 0. The molecule has 0 spiro atoms. The molecule has 126 valence electrons. The average molecular weight is 334 g/mol. The van der Waals surface area contributed by atoms with Crippen molar-refractivity contribution in [2.75, 3.05) is 0 Å². The summed E-state index contributed by atoms with van der Waals surface area (Å²) in [4.78, 5) is 0. The Morgan fingerprint density at radius 2 is 1.64 bits per heavy atom. The van der Waals surface area contributed by atoms with Crippen molar-refractivity contribution >= 4 is 22.4 Å². The van der Waals surface area contributed by atoms with Crippen molar-refractivity contribution in [3.8, 4) is 11.5 Å². The van der Waals surface area contributed by atoms with Gasteiger partial charge in [-0.1, -0.05) is 48.5 Å². The van der Waals surface area contributed by atoms with Gasteiger partial charge in [-0.25, -0.2) is 0 Å². The van der Waals surface area contributed by atoms with Gasteiger partial charge in [0.1, 0.15) is 11.7 Å². The van der Waals surface area contributed by atoms with E-state index in [9.17, 15) is 20.4 Å². The van der Waals surface area contributed by atoms with Crippen molar-refractivity contribution in [3.63, 3.8) is 0 Å². The Balaban J connectivity index is 2.27. The lowest BCUT2D eigenvalue weighted by molar-refractivity contribution is 0.0153. The molecule has 4 rings (SSSR count). The first kappa shape index (κ1) is 15.7. The van der Waals surface area contributed by atoms with Gasteiger partial charge in [0, 0.05) is 11.1 Å². The molecule has 25 heavy (non-hydrogen) atoms. The number of hydrogen-bond acceptors (Lipinski definition) is 4. The van der Waals surface area contributed by atoms with E-state index < -0.39 is 11.7 Å². The predicted molar refractivity (Wildman–Crippen MR) is 96.6 cm³/mol. The molecule has 4 N–H and O–H groups in total. The van der Waals surface area contributed by atoms with Crippen LogP contribution in [-0.2, 0) is 0 Å². The maximum absolute atomic E-state index is 11.1. The zero-order valence-corrected chi connectivity index (χ0v) is 13.6. The molecule has 1 aliphatic rings. The van der Waals surface area contributed by atoms with Gasteiger partial charge < -0.3 is 20.4 Å². The smallest absolute Gasteiger partial charge is 0.165 e. The van der Waals surface area contributed by atoms with Crippen molar-refractivity contribution in [3.05, 3.63) is 70.6 Å². The fraction of sp³-hybridized carbons (Fsp3) is 0.143. The van der Waals surface area contributed by atoms with Gasteiger partial charge in [-0.2, -0.15) is 0 Å². The van der Waals surface area contributed by atoms with Gasteiger partial charge in [0.15, 0.2) is 11.5 Å². The van der Waals surface area contributed by atoms with Crippen LogP contribution in [0.15, 0.2) is 54.6 Å². The normalized spacial score (nSPS) is 22.5. The number of phenols is 2. The first-order chi connectivity index (χ1) is 11.9. The topological polar surface area (TPSA) is 80.9 Å². The maximum Gasteiger partial charge on any atom is 0.165 e. The number of aliphatic hydroxyl groups is 2. The molecular weight excluding hydrogens is 316 g/mol. The van der Waals surface area contributed by atoms with E-state index in [0.717, 1.165) is 10.6 Å². The van der Waals surface area contributed by atoms with Crippen LogP contribution in [0.3, 0.4) is 0 Å². The zero-order valence-electron chi connectivity index (χ0n) is 13.6. The highest BCUT2D eigenvalue weighted by molar-refractivity contribution is 6.00. The van der Waals surface area contributed by atoms with Crippen LogP contribution >= 0.6 is 0 Å². The van der Waals surface area contributed by atoms with Crippen LogP contribution in [0.2, 0.25) is 0 Å². The largest absolute Gasteiger partial charge is 0.504 e. The molecule has 0 fully saturated rings. The van der Waals surface area contributed by atoms with Crippen molar-refractivity contribution < 1.29 is 20.4 Å². The second-order valence-electron chi connectivity index (χ2n) is 6.56. The number of fused-ring (bicyclic) bond motifs is 2. The lowest BCUT2D eigenvalue weighted by Gasteiger charge is -2.34. The third-order valence-corrected chi connectivity index (χ3v) is 4.90. The summed E-state index contributed by atoms with van der Waals surface area (Å²) in [6.45, 7) is 1.51. The maximum atomic E-state index is 11.1. The summed E-state index contributed by atoms with van der Waals surface area (Å²) in [5.74, 6) is -0.573. The van der Waals surface area contributed by atoms with Crippen LogP contribution < -0.4 is 10.4 Å². The predicted octanol–water partition coefficient (Wildman–Crippen LogP) is 1.36. The fourth-order valence-electron chi connectivity index (χ4n) is 3.59. The molecular formula is C21H18O4. The minimum absolute atomic E-state index is 0.265. The lowest BCUT2D eigenvalue weighted by atomic mass is 9.78. The van der Waals surface area contributed by atoms with Crippen molar-refractivity contribution in [1.29, 1.82) is 0 Å². The molecule has 3 aromatic rings. The molecule has 0 saturated heterocycles. The molecule has 0 radical (unpaired) electrons. The SMILES string of the molecule is C[C@]1(O)C(c2c(O)c(O)cc3ccccc23)=c2ccccc2=C[C@@H]1O. The summed E-state index contributed by atoms with van der Waals surface area (Å²) in [6, 6.07) is 16.2. The Morgan fingerprint density at radius 3 is 2.44 bits per heavy atom. The Bertz CT molecular complexity index is 1110. The van der Waals surface area contributed by atoms with Gasteiger partial charge in [0.2, 0.25) is 0 Å². The Labute approximate surface area is 144 Å². The second-order valence-corrected chi connectivity index (χ2v) is 6.56. The Hall–Kier alpha value is -2.82. The van der Waals surface area contributed by atoms with E-state index in [1.807, 2.05) is 48.5 Å². The van der Waals surface area contributed by atoms with Gasteiger partial charge in [0.25, 0.3) is 0 Å². The van der Waals surface area contributed by atoms with Gasteiger partial charge in [-0.05, 0) is 40.3 Å². The van der Waals surface area contributed by atoms with Crippen LogP contribution in [0.4, 0.5) is 0 Å². The third-order valence-electron chi connectivity index (χ3n) is 4.90. The summed E-state index contributed by atoms with van der Waals surface area (Å²) in [6.07, 6.45) is 0.457. The number of hydrogen-bond donors (Lipinski definition) is 4. The summed E-state index contributed by atoms with van der Waals surface area (Å²) in [5.41, 5.74) is -0.898. The Morgan fingerprint density at radius 1 is 0.960 bits per heavy atom. The highest BCUT2D eigenvalue weighted by Crippen LogP contribution is 2.43. The van der Waals surface area contributed by atoms with Crippen molar-refractivity contribution in [1.82, 2.24) is 0 Å². The highest BCUT2D eigenvalue weighted by Gasteiger charge is 2.39. The van der Waals surface area contributed by atoms with Crippen LogP contribution in [-0.4, -0.2) is 32.1 Å². The first-order valence-corrected chi connectivity index (χ1v) is 8.07. The molecule has 1 aliphatic carbocycles. The van der Waals surface area contributed by atoms with E-state index >= 15 is 0 Å². The van der Waals surface area contributed by atoms with E-state index in [-0.39, 0.29) is 11.5 Å². The van der Waals surface area contributed by atoms with E-state index in [1.165, 1.54) is 13.0 Å². The standard InChI is InChI=1S/C21H18O4/c1-21(25)17(23)11-13-7-3-5-9-15(13)19(21)18-14-8-4-2-6-12(14)10-16(22)20(18)24/h2-11,17,22-25H,1H3/t17-,21+/m0/s1. The molecule has 4 heteroatoms. The molecule has 0 aromatic heterocycles. The molecule has 0 saturated carbocycles. The van der Waals surface area contributed by atoms with Gasteiger partial charge in [0.05, 0.1) is 0 Å². The molecule has 4 nitrogen and oxygen atoms in total. The molecule has 0 heterocycles. The van der Waals surface area contributed by atoms with Crippen LogP contribution in [0, 0.1) is 0 Å². The van der Waals surface area contributed by atoms with Gasteiger partial charge >= 0.3 is 0 Å². The van der Waals surface area contributed by atoms with Crippen LogP contribution in [0.5, 0.6) is 11.5 Å².